The van der Waals surface area contributed by atoms with Gasteiger partial charge in [-0.25, -0.2) is 0 Å². The standard InChI is InChI=1S/C16H15N3O4S/c1-2-23-11-7-9-12(10-8-11)24(21,22)19-18-15-13-5-3-4-6-14(13)17-16(15)20/h3-10,17,20H,2H2,1H3. The van der Waals surface area contributed by atoms with Gasteiger partial charge in [-0.15, -0.1) is 5.11 Å². The van der Waals surface area contributed by atoms with Gasteiger partial charge >= 0.3 is 0 Å². The molecule has 24 heavy (non-hydrogen) atoms. The van der Waals surface area contributed by atoms with Gasteiger partial charge in [-0.2, -0.15) is 8.42 Å². The molecule has 0 saturated carbocycles. The third-order valence-corrected chi connectivity index (χ3v) is 4.50. The van der Waals surface area contributed by atoms with Crippen LogP contribution < -0.4 is 4.74 Å². The Morgan fingerprint density at radius 2 is 1.83 bits per heavy atom. The number of sulfonamides is 1. The number of aromatic amines is 1. The minimum absolute atomic E-state index is 0.00552. The lowest BCUT2D eigenvalue weighted by atomic mass is 10.2. The first kappa shape index (κ1) is 16.0. The number of nitrogens with one attached hydrogen (secondary N) is 1. The average molecular weight is 345 g/mol. The smallest absolute Gasteiger partial charge is 0.299 e. The zero-order valence-corrected chi connectivity index (χ0v) is 13.6. The van der Waals surface area contributed by atoms with Crippen molar-refractivity contribution in [3.63, 3.8) is 0 Å². The Kier molecular flexibility index (Phi) is 4.22. The summed E-state index contributed by atoms with van der Waals surface area (Å²) in [4.78, 5) is 2.71. The molecule has 0 unspecified atom stereocenters. The number of rotatable bonds is 5. The maximum Gasteiger partial charge on any atom is 0.299 e. The molecular formula is C16H15N3O4S. The Morgan fingerprint density at radius 3 is 2.54 bits per heavy atom. The largest absolute Gasteiger partial charge is 0.494 e. The van der Waals surface area contributed by atoms with Crippen molar-refractivity contribution >= 4 is 26.6 Å². The minimum atomic E-state index is -3.98. The second kappa shape index (κ2) is 6.32. The summed E-state index contributed by atoms with van der Waals surface area (Å²) in [6, 6.07) is 12.9. The Bertz CT molecular complexity index is 992. The molecule has 0 aliphatic carbocycles. The first-order valence-electron chi connectivity index (χ1n) is 7.22. The molecule has 0 bridgehead atoms. The molecular weight excluding hydrogens is 330 g/mol. The predicted molar refractivity (Wildman–Crippen MR) is 89.3 cm³/mol. The highest BCUT2D eigenvalue weighted by Gasteiger charge is 2.15. The Balaban J connectivity index is 1.93. The number of aromatic nitrogens is 1. The number of ether oxygens (including phenoxy) is 1. The van der Waals surface area contributed by atoms with Gasteiger partial charge in [0.1, 0.15) is 5.75 Å². The molecule has 0 amide bonds. The average Bonchev–Trinajstić information content (AvgIpc) is 2.89. The lowest BCUT2D eigenvalue weighted by Crippen LogP contribution is -1.96. The second-order valence-electron chi connectivity index (χ2n) is 4.93. The molecule has 0 radical (unpaired) electrons. The van der Waals surface area contributed by atoms with Gasteiger partial charge < -0.3 is 14.8 Å². The summed E-state index contributed by atoms with van der Waals surface area (Å²) < 4.78 is 33.2. The number of fused-ring (bicyclic) bond motifs is 1. The maximum atomic E-state index is 12.3. The van der Waals surface area contributed by atoms with Gasteiger partial charge in [-0.05, 0) is 37.3 Å². The number of para-hydroxylation sites is 1. The quantitative estimate of drug-likeness (QED) is 0.687. The van der Waals surface area contributed by atoms with E-state index in [1.807, 2.05) is 6.92 Å². The van der Waals surface area contributed by atoms with Crippen molar-refractivity contribution in [2.24, 2.45) is 9.63 Å². The van der Waals surface area contributed by atoms with Gasteiger partial charge in [0.25, 0.3) is 10.0 Å². The van der Waals surface area contributed by atoms with Crippen molar-refractivity contribution in [2.45, 2.75) is 11.8 Å². The van der Waals surface area contributed by atoms with Crippen LogP contribution in [0.2, 0.25) is 0 Å². The van der Waals surface area contributed by atoms with Gasteiger partial charge in [0.15, 0.2) is 5.69 Å². The van der Waals surface area contributed by atoms with Crippen molar-refractivity contribution in [3.8, 4) is 11.6 Å². The fraction of sp³-hybridized carbons (Fsp3) is 0.125. The van der Waals surface area contributed by atoms with Crippen LogP contribution in [0.15, 0.2) is 63.1 Å². The number of nitrogens with zero attached hydrogens (tertiary/aromatic N) is 2. The first-order valence-corrected chi connectivity index (χ1v) is 8.66. The molecule has 8 heteroatoms. The van der Waals surface area contributed by atoms with Gasteiger partial charge in [-0.3, -0.25) is 0 Å². The van der Waals surface area contributed by atoms with Crippen molar-refractivity contribution in [1.82, 2.24) is 4.98 Å². The number of benzene rings is 2. The number of aromatic hydroxyl groups is 1. The lowest BCUT2D eigenvalue weighted by molar-refractivity contribution is 0.340. The molecule has 7 nitrogen and oxygen atoms in total. The van der Waals surface area contributed by atoms with Crippen LogP contribution in [-0.2, 0) is 10.0 Å². The summed E-state index contributed by atoms with van der Waals surface area (Å²) in [6.07, 6.45) is 0. The van der Waals surface area contributed by atoms with Crippen LogP contribution in [-0.4, -0.2) is 25.1 Å². The summed E-state index contributed by atoms with van der Waals surface area (Å²) in [5.41, 5.74) is 0.725. The Morgan fingerprint density at radius 1 is 1.12 bits per heavy atom. The van der Waals surface area contributed by atoms with E-state index in [1.165, 1.54) is 12.1 Å². The fourth-order valence-corrected chi connectivity index (χ4v) is 2.99. The van der Waals surface area contributed by atoms with E-state index in [0.29, 0.717) is 23.3 Å². The van der Waals surface area contributed by atoms with Crippen LogP contribution in [0.4, 0.5) is 5.69 Å². The van der Waals surface area contributed by atoms with E-state index in [-0.39, 0.29) is 16.5 Å². The van der Waals surface area contributed by atoms with Gasteiger partial charge in [0, 0.05) is 5.39 Å². The normalized spacial score (nSPS) is 12.0. The van der Waals surface area contributed by atoms with E-state index in [1.54, 1.807) is 36.4 Å². The Labute approximate surface area is 138 Å². The minimum Gasteiger partial charge on any atom is -0.494 e. The molecule has 0 atom stereocenters. The molecule has 3 aromatic rings. The lowest BCUT2D eigenvalue weighted by Gasteiger charge is -2.03. The summed E-state index contributed by atoms with van der Waals surface area (Å²) in [5, 5.41) is 14.2. The van der Waals surface area contributed by atoms with Crippen molar-refractivity contribution < 1.29 is 18.3 Å². The SMILES string of the molecule is CCOc1ccc(S(=O)(=O)N=Nc2c(O)[nH]c3ccccc23)cc1. The van der Waals surface area contributed by atoms with Crippen LogP contribution in [0, 0.1) is 0 Å². The van der Waals surface area contributed by atoms with Gasteiger partial charge in [0.05, 0.1) is 17.0 Å². The molecule has 0 aliphatic heterocycles. The Hall–Kier alpha value is -2.87. The molecule has 1 heterocycles. The summed E-state index contributed by atoms with van der Waals surface area (Å²) in [6.45, 7) is 2.33. The number of hydrogen-bond donors (Lipinski definition) is 2. The second-order valence-corrected chi connectivity index (χ2v) is 6.51. The maximum absolute atomic E-state index is 12.3. The predicted octanol–water partition coefficient (Wildman–Crippen LogP) is 3.74. The highest BCUT2D eigenvalue weighted by molar-refractivity contribution is 7.90. The highest BCUT2D eigenvalue weighted by atomic mass is 32.2. The van der Waals surface area contributed by atoms with Crippen LogP contribution in [0.3, 0.4) is 0 Å². The molecule has 2 aromatic carbocycles. The number of H-pyrrole nitrogens is 1. The fourth-order valence-electron chi connectivity index (χ4n) is 2.23. The molecule has 2 N–H and O–H groups in total. The van der Waals surface area contributed by atoms with E-state index in [9.17, 15) is 13.5 Å². The van der Waals surface area contributed by atoms with E-state index in [4.69, 9.17) is 4.74 Å². The topological polar surface area (TPSA) is 104 Å². The highest BCUT2D eigenvalue weighted by Crippen LogP contribution is 2.35. The third kappa shape index (κ3) is 3.09. The molecule has 0 spiro atoms. The van der Waals surface area contributed by atoms with Gasteiger partial charge in [-0.1, -0.05) is 22.7 Å². The first-order chi connectivity index (χ1) is 11.5. The zero-order chi connectivity index (χ0) is 17.2. The van der Waals surface area contributed by atoms with E-state index < -0.39 is 10.0 Å². The van der Waals surface area contributed by atoms with E-state index >= 15 is 0 Å². The van der Waals surface area contributed by atoms with Crippen molar-refractivity contribution in [1.29, 1.82) is 0 Å². The van der Waals surface area contributed by atoms with Crippen molar-refractivity contribution in [2.75, 3.05) is 6.61 Å². The number of hydrogen-bond acceptors (Lipinski definition) is 5. The van der Waals surface area contributed by atoms with Gasteiger partial charge in [0.2, 0.25) is 5.88 Å². The molecule has 0 aliphatic rings. The van der Waals surface area contributed by atoms with E-state index in [2.05, 4.69) is 14.6 Å². The molecule has 3 rings (SSSR count). The van der Waals surface area contributed by atoms with Crippen LogP contribution in [0.25, 0.3) is 10.9 Å². The monoisotopic (exact) mass is 345 g/mol. The molecule has 124 valence electrons. The summed E-state index contributed by atoms with van der Waals surface area (Å²) in [7, 11) is -3.98. The third-order valence-electron chi connectivity index (χ3n) is 3.34. The summed E-state index contributed by atoms with van der Waals surface area (Å²) >= 11 is 0. The van der Waals surface area contributed by atoms with Crippen LogP contribution in [0.5, 0.6) is 11.6 Å². The molecule has 0 fully saturated rings. The molecule has 0 saturated heterocycles. The zero-order valence-electron chi connectivity index (χ0n) is 12.8. The van der Waals surface area contributed by atoms with Crippen LogP contribution >= 0.6 is 0 Å². The van der Waals surface area contributed by atoms with Crippen molar-refractivity contribution in [3.05, 3.63) is 48.5 Å². The molecule has 1 aromatic heterocycles. The van der Waals surface area contributed by atoms with E-state index in [0.717, 1.165) is 0 Å². The van der Waals surface area contributed by atoms with Crippen LogP contribution in [0.1, 0.15) is 6.92 Å². The summed E-state index contributed by atoms with van der Waals surface area (Å²) in [5.74, 6) is 0.338.